The lowest BCUT2D eigenvalue weighted by Crippen LogP contribution is -2.02. The number of ether oxygens (including phenoxy) is 2. The van der Waals surface area contributed by atoms with Crippen LogP contribution in [-0.2, 0) is 6.42 Å². The van der Waals surface area contributed by atoms with Gasteiger partial charge < -0.3 is 9.47 Å². The van der Waals surface area contributed by atoms with Crippen molar-refractivity contribution >= 4 is 26.7 Å². The van der Waals surface area contributed by atoms with Gasteiger partial charge in [0.1, 0.15) is 11.5 Å². The highest BCUT2D eigenvalue weighted by atomic mass is 79.9. The molecule has 0 heterocycles. The zero-order chi connectivity index (χ0) is 16.7. The highest BCUT2D eigenvalue weighted by Gasteiger charge is 2.12. The molecule has 0 N–H and O–H groups in total. The highest BCUT2D eigenvalue weighted by Crippen LogP contribution is 2.37. The Morgan fingerprint density at radius 3 is 2.48 bits per heavy atom. The normalized spacial score (nSPS) is 12.3. The summed E-state index contributed by atoms with van der Waals surface area (Å²) in [6.07, 6.45) is 5.61. The van der Waals surface area contributed by atoms with Crippen LogP contribution in [-0.4, -0.2) is 18.5 Å². The van der Waals surface area contributed by atoms with Gasteiger partial charge in [0.2, 0.25) is 0 Å². The fourth-order valence-corrected chi connectivity index (χ4v) is 3.17. The number of unbranched alkanes of at least 4 members (excludes halogenated alkanes) is 1. The second kappa shape index (κ2) is 9.17. The zero-order valence-corrected chi connectivity index (χ0v) is 16.0. The maximum atomic E-state index is 6.11. The van der Waals surface area contributed by atoms with Crippen molar-refractivity contribution in [3.63, 3.8) is 0 Å². The molecule has 0 bridgehead atoms. The van der Waals surface area contributed by atoms with E-state index in [2.05, 4.69) is 60.1 Å². The smallest absolute Gasteiger partial charge is 0.130 e. The Labute approximate surface area is 148 Å². The number of hydrogen-bond acceptors (Lipinski definition) is 2. The lowest BCUT2D eigenvalue weighted by atomic mass is 10.0. The third kappa shape index (κ3) is 4.63. The van der Waals surface area contributed by atoms with Crippen LogP contribution in [0.5, 0.6) is 11.5 Å². The Hall–Kier alpha value is -1.22. The van der Waals surface area contributed by atoms with Crippen LogP contribution in [0.1, 0.15) is 45.1 Å². The molecule has 0 radical (unpaired) electrons. The van der Waals surface area contributed by atoms with E-state index in [-0.39, 0.29) is 0 Å². The van der Waals surface area contributed by atoms with E-state index < -0.39 is 0 Å². The average molecular weight is 379 g/mol. The molecule has 1 unspecified atom stereocenters. The molecule has 0 spiro atoms. The lowest BCUT2D eigenvalue weighted by molar-refractivity contribution is 0.307. The van der Waals surface area contributed by atoms with Crippen molar-refractivity contribution < 1.29 is 9.47 Å². The van der Waals surface area contributed by atoms with E-state index in [1.165, 1.54) is 24.8 Å². The fraction of sp³-hybridized carbons (Fsp3) is 0.500. The van der Waals surface area contributed by atoms with Gasteiger partial charge >= 0.3 is 0 Å². The molecule has 3 heteroatoms. The van der Waals surface area contributed by atoms with Gasteiger partial charge in [0.05, 0.1) is 13.7 Å². The summed E-state index contributed by atoms with van der Waals surface area (Å²) in [6.45, 7) is 5.13. The Kier molecular flexibility index (Phi) is 7.22. The summed E-state index contributed by atoms with van der Waals surface area (Å²) in [6, 6.07) is 10.5. The number of methoxy groups -OCH3 is 1. The second-order valence-corrected chi connectivity index (χ2v) is 7.11. The van der Waals surface area contributed by atoms with Crippen LogP contribution < -0.4 is 9.47 Å². The Morgan fingerprint density at radius 2 is 1.83 bits per heavy atom. The number of alkyl halides is 1. The van der Waals surface area contributed by atoms with E-state index >= 15 is 0 Å². The monoisotopic (exact) mass is 378 g/mol. The summed E-state index contributed by atoms with van der Waals surface area (Å²) in [5, 5.41) is 2.27. The summed E-state index contributed by atoms with van der Waals surface area (Å²) in [5.74, 6) is 1.95. The molecule has 2 aromatic carbocycles. The second-order valence-electron chi connectivity index (χ2n) is 5.82. The van der Waals surface area contributed by atoms with Gasteiger partial charge in [-0.05, 0) is 43.7 Å². The number of halogens is 1. The minimum absolute atomic E-state index is 0.635. The van der Waals surface area contributed by atoms with E-state index in [4.69, 9.17) is 9.47 Å². The molecule has 0 saturated carbocycles. The van der Waals surface area contributed by atoms with Crippen molar-refractivity contribution in [2.24, 2.45) is 0 Å². The van der Waals surface area contributed by atoms with Crippen molar-refractivity contribution in [1.82, 2.24) is 0 Å². The predicted molar refractivity (Wildman–Crippen MR) is 102 cm³/mol. The summed E-state index contributed by atoms with van der Waals surface area (Å²) in [7, 11) is 1.74. The van der Waals surface area contributed by atoms with Crippen LogP contribution in [0.25, 0.3) is 10.8 Å². The first kappa shape index (κ1) is 18.1. The molecular formula is C20H27BrO2. The Morgan fingerprint density at radius 1 is 1.09 bits per heavy atom. The number of benzene rings is 2. The molecule has 1 atom stereocenters. The van der Waals surface area contributed by atoms with Gasteiger partial charge in [0.25, 0.3) is 0 Å². The Bertz CT molecular complexity index is 624. The van der Waals surface area contributed by atoms with Crippen LogP contribution in [0.2, 0.25) is 0 Å². The third-order valence-corrected chi connectivity index (χ3v) is 5.34. The van der Waals surface area contributed by atoms with Crippen molar-refractivity contribution in [2.75, 3.05) is 13.7 Å². The van der Waals surface area contributed by atoms with Crippen LogP contribution in [0.15, 0.2) is 30.3 Å². The number of rotatable bonds is 9. The maximum Gasteiger partial charge on any atom is 0.130 e. The van der Waals surface area contributed by atoms with Crippen molar-refractivity contribution in [2.45, 2.75) is 50.8 Å². The minimum Gasteiger partial charge on any atom is -0.496 e. The standard InChI is InChI=1S/C20H27BrO2/c1-4-15-14-19(23-13-9-8-10-16(21)5-2)17-11-6-7-12-18(17)20(15)22-3/h6-7,11-12,14,16H,4-5,8-10,13H2,1-3H3. The topological polar surface area (TPSA) is 18.5 Å². The average Bonchev–Trinajstić information content (AvgIpc) is 2.60. The van der Waals surface area contributed by atoms with Crippen LogP contribution >= 0.6 is 15.9 Å². The molecule has 23 heavy (non-hydrogen) atoms. The molecule has 126 valence electrons. The molecule has 2 aromatic rings. The molecule has 0 aliphatic heterocycles. The van der Waals surface area contributed by atoms with Gasteiger partial charge in [-0.1, -0.05) is 54.0 Å². The summed E-state index contributed by atoms with van der Waals surface area (Å²) in [5.41, 5.74) is 1.20. The van der Waals surface area contributed by atoms with E-state index in [0.29, 0.717) is 4.83 Å². The highest BCUT2D eigenvalue weighted by molar-refractivity contribution is 9.09. The summed E-state index contributed by atoms with van der Waals surface area (Å²) < 4.78 is 11.7. The van der Waals surface area contributed by atoms with E-state index in [0.717, 1.165) is 41.7 Å². The van der Waals surface area contributed by atoms with Crippen LogP contribution in [0, 0.1) is 0 Å². The maximum absolute atomic E-state index is 6.11. The molecule has 0 amide bonds. The lowest BCUT2D eigenvalue weighted by Gasteiger charge is -2.16. The molecule has 2 rings (SSSR count). The van der Waals surface area contributed by atoms with Gasteiger partial charge in [-0.2, -0.15) is 0 Å². The molecule has 0 aromatic heterocycles. The van der Waals surface area contributed by atoms with Gasteiger partial charge in [-0.3, -0.25) is 0 Å². The van der Waals surface area contributed by atoms with Crippen molar-refractivity contribution in [3.05, 3.63) is 35.9 Å². The predicted octanol–water partition coefficient (Wildman–Crippen LogP) is 6.13. The molecule has 2 nitrogen and oxygen atoms in total. The first-order valence-electron chi connectivity index (χ1n) is 8.56. The number of fused-ring (bicyclic) bond motifs is 1. The van der Waals surface area contributed by atoms with E-state index in [9.17, 15) is 0 Å². The van der Waals surface area contributed by atoms with E-state index in [1.54, 1.807) is 7.11 Å². The SMILES string of the molecule is CCc1cc(OCCCCC(Br)CC)c2ccccc2c1OC. The van der Waals surface area contributed by atoms with Gasteiger partial charge in [-0.25, -0.2) is 0 Å². The largest absolute Gasteiger partial charge is 0.496 e. The van der Waals surface area contributed by atoms with Crippen LogP contribution in [0.4, 0.5) is 0 Å². The quantitative estimate of drug-likeness (QED) is 0.385. The Balaban J connectivity index is 2.11. The minimum atomic E-state index is 0.635. The molecule has 0 fully saturated rings. The van der Waals surface area contributed by atoms with E-state index in [1.807, 2.05) is 0 Å². The van der Waals surface area contributed by atoms with Crippen LogP contribution in [0.3, 0.4) is 0 Å². The molecule has 0 aliphatic carbocycles. The fourth-order valence-electron chi connectivity index (χ4n) is 2.85. The molecule has 0 aliphatic rings. The van der Waals surface area contributed by atoms with Gasteiger partial charge in [0, 0.05) is 15.6 Å². The summed E-state index contributed by atoms with van der Waals surface area (Å²) in [4.78, 5) is 0.635. The molecule has 0 saturated heterocycles. The zero-order valence-electron chi connectivity index (χ0n) is 14.4. The first-order chi connectivity index (χ1) is 11.2. The van der Waals surface area contributed by atoms with Gasteiger partial charge in [0.15, 0.2) is 0 Å². The number of hydrogen-bond donors (Lipinski definition) is 0. The first-order valence-corrected chi connectivity index (χ1v) is 9.48. The number of aryl methyl sites for hydroxylation is 1. The third-order valence-electron chi connectivity index (χ3n) is 4.23. The summed E-state index contributed by atoms with van der Waals surface area (Å²) >= 11 is 3.69. The van der Waals surface area contributed by atoms with Crippen molar-refractivity contribution in [3.8, 4) is 11.5 Å². The van der Waals surface area contributed by atoms with Gasteiger partial charge in [-0.15, -0.1) is 0 Å². The van der Waals surface area contributed by atoms with Crippen molar-refractivity contribution in [1.29, 1.82) is 0 Å². The molecular weight excluding hydrogens is 352 g/mol.